The zero-order valence-corrected chi connectivity index (χ0v) is 32.1. The number of hydrogen-bond donors (Lipinski definition) is 0. The second-order valence-electron chi connectivity index (χ2n) is 15.4. The van der Waals surface area contributed by atoms with Crippen LogP contribution in [-0.4, -0.2) is 15.0 Å². The van der Waals surface area contributed by atoms with Gasteiger partial charge in [0.05, 0.1) is 0 Å². The maximum Gasteiger partial charge on any atom is 0.164 e. The molecule has 13 rings (SSSR count). The molecule has 0 radical (unpaired) electrons. The lowest BCUT2D eigenvalue weighted by molar-refractivity contribution is 0.669. The third-order valence-corrected chi connectivity index (χ3v) is 12.1. The molecule has 1 aliphatic rings. The highest BCUT2D eigenvalue weighted by atomic mass is 16.3. The van der Waals surface area contributed by atoms with E-state index in [1.807, 2.05) is 84.9 Å². The van der Waals surface area contributed by atoms with Gasteiger partial charge in [0.15, 0.2) is 17.5 Å². The Morgan fingerprint density at radius 3 is 1.22 bits per heavy atom. The Labute approximate surface area is 343 Å². The van der Waals surface area contributed by atoms with Crippen molar-refractivity contribution in [2.75, 3.05) is 0 Å². The van der Waals surface area contributed by atoms with Crippen LogP contribution in [0, 0.1) is 0 Å². The molecule has 5 nitrogen and oxygen atoms in total. The van der Waals surface area contributed by atoms with E-state index in [0.29, 0.717) is 17.5 Å². The van der Waals surface area contributed by atoms with E-state index >= 15 is 0 Å². The molecule has 0 unspecified atom stereocenters. The van der Waals surface area contributed by atoms with Crippen LogP contribution in [0.4, 0.5) is 0 Å². The van der Waals surface area contributed by atoms with E-state index in [0.717, 1.165) is 116 Å². The predicted octanol–water partition coefficient (Wildman–Crippen LogP) is 14.8. The van der Waals surface area contributed by atoms with E-state index in [1.165, 1.54) is 0 Å². The second-order valence-corrected chi connectivity index (χ2v) is 15.4. The lowest BCUT2D eigenvalue weighted by Crippen LogP contribution is -2.00. The van der Waals surface area contributed by atoms with Crippen molar-refractivity contribution in [3.05, 3.63) is 188 Å². The number of fused-ring (bicyclic) bond motifs is 9. The molecule has 0 fully saturated rings. The Bertz CT molecular complexity index is 3510. The monoisotopic (exact) mass is 765 g/mol. The third-order valence-electron chi connectivity index (χ3n) is 12.1. The van der Waals surface area contributed by atoms with Crippen molar-refractivity contribution in [1.29, 1.82) is 0 Å². The highest BCUT2D eigenvalue weighted by molar-refractivity contribution is 6.25. The molecule has 0 N–H and O–H groups in total. The topological polar surface area (TPSA) is 65.0 Å². The van der Waals surface area contributed by atoms with Crippen LogP contribution in [0.1, 0.15) is 0 Å². The van der Waals surface area contributed by atoms with Gasteiger partial charge < -0.3 is 8.83 Å². The molecule has 12 aromatic rings. The smallest absolute Gasteiger partial charge is 0.164 e. The first kappa shape index (κ1) is 32.9. The molecule has 3 heterocycles. The highest BCUT2D eigenvalue weighted by Crippen LogP contribution is 2.57. The van der Waals surface area contributed by atoms with Crippen LogP contribution in [0.5, 0.6) is 0 Å². The zero-order valence-electron chi connectivity index (χ0n) is 32.1. The van der Waals surface area contributed by atoms with Crippen LogP contribution in [0.3, 0.4) is 0 Å². The van der Waals surface area contributed by atoms with Crippen LogP contribution in [0.25, 0.3) is 133 Å². The third kappa shape index (κ3) is 4.77. The van der Waals surface area contributed by atoms with E-state index < -0.39 is 0 Å². The zero-order chi connectivity index (χ0) is 39.3. The summed E-state index contributed by atoms with van der Waals surface area (Å²) < 4.78 is 13.4. The van der Waals surface area contributed by atoms with Gasteiger partial charge in [0.25, 0.3) is 0 Å². The maximum absolute atomic E-state index is 6.69. The summed E-state index contributed by atoms with van der Waals surface area (Å²) in [6.45, 7) is 0. The lowest BCUT2D eigenvalue weighted by Gasteiger charge is -2.16. The van der Waals surface area contributed by atoms with E-state index in [9.17, 15) is 0 Å². The summed E-state index contributed by atoms with van der Waals surface area (Å²) >= 11 is 0. The minimum absolute atomic E-state index is 0.627. The standard InChI is InChI=1S/C55H31N3O2/c1-3-14-32(15-4-1)53-56-54(33-16-5-2-6-17-33)58-55(57-53)43-30-31-45-48-36(43)20-11-25-44(48)49-37(41-23-12-21-39-34-18-7-9-26-46(34)59-51(39)41)28-29-38(50(45)49)42-24-13-22-40-35-19-8-10-27-47(35)60-52(40)42/h1-31H. The molecule has 0 spiro atoms. The van der Waals surface area contributed by atoms with Gasteiger partial charge in [-0.05, 0) is 62.4 Å². The fourth-order valence-electron chi connectivity index (χ4n) is 9.48. The number of benzene rings is 9. The fraction of sp³-hybridized carbons (Fsp3) is 0. The summed E-state index contributed by atoms with van der Waals surface area (Å²) in [6.07, 6.45) is 0. The molecule has 0 bridgehead atoms. The van der Waals surface area contributed by atoms with Gasteiger partial charge in [-0.2, -0.15) is 0 Å². The molecule has 0 aliphatic heterocycles. The Morgan fingerprint density at radius 2 is 0.667 bits per heavy atom. The summed E-state index contributed by atoms with van der Waals surface area (Å²) in [7, 11) is 0. The van der Waals surface area contributed by atoms with Crippen LogP contribution in [0.2, 0.25) is 0 Å². The van der Waals surface area contributed by atoms with E-state index in [-0.39, 0.29) is 0 Å². The largest absolute Gasteiger partial charge is 0.455 e. The van der Waals surface area contributed by atoms with E-state index in [4.69, 9.17) is 23.8 Å². The molecule has 3 aromatic heterocycles. The number of furan rings is 2. The van der Waals surface area contributed by atoms with Crippen LogP contribution in [-0.2, 0) is 0 Å². The molecule has 0 saturated carbocycles. The molecule has 0 amide bonds. The Balaban J connectivity index is 1.10. The van der Waals surface area contributed by atoms with Gasteiger partial charge in [-0.3, -0.25) is 0 Å². The highest BCUT2D eigenvalue weighted by Gasteiger charge is 2.31. The number of rotatable bonds is 5. The van der Waals surface area contributed by atoms with Crippen LogP contribution < -0.4 is 0 Å². The van der Waals surface area contributed by atoms with Gasteiger partial charge in [0.1, 0.15) is 22.3 Å². The fourth-order valence-corrected chi connectivity index (χ4v) is 9.48. The normalized spacial score (nSPS) is 12.0. The van der Waals surface area contributed by atoms with E-state index in [2.05, 4.69) is 103 Å². The molecule has 9 aromatic carbocycles. The van der Waals surface area contributed by atoms with Crippen molar-refractivity contribution in [3.63, 3.8) is 0 Å². The molecule has 278 valence electrons. The predicted molar refractivity (Wildman–Crippen MR) is 243 cm³/mol. The summed E-state index contributed by atoms with van der Waals surface area (Å²) in [5, 5.41) is 6.65. The van der Waals surface area contributed by atoms with Crippen molar-refractivity contribution in [2.24, 2.45) is 0 Å². The first-order chi connectivity index (χ1) is 29.8. The Hall–Kier alpha value is -8.15. The Kier molecular flexibility index (Phi) is 6.95. The molecule has 0 saturated heterocycles. The Morgan fingerprint density at radius 1 is 0.267 bits per heavy atom. The van der Waals surface area contributed by atoms with Crippen LogP contribution >= 0.6 is 0 Å². The molecule has 60 heavy (non-hydrogen) atoms. The van der Waals surface area contributed by atoms with Crippen molar-refractivity contribution < 1.29 is 8.83 Å². The molecular formula is C55H31N3O2. The van der Waals surface area contributed by atoms with Crippen molar-refractivity contribution >= 4 is 54.6 Å². The van der Waals surface area contributed by atoms with Gasteiger partial charge in [0, 0.05) is 49.4 Å². The summed E-state index contributed by atoms with van der Waals surface area (Å²) in [5.74, 6) is 1.89. The quantitative estimate of drug-likeness (QED) is 0.175. The van der Waals surface area contributed by atoms with Gasteiger partial charge in [-0.1, -0.05) is 170 Å². The SMILES string of the molecule is c1ccc(-c2nc(-c3ccccc3)nc(-c3ccc4c5c(cccc35)-c3c(-c5cccc6c5oc5ccccc56)ccc(-c5cccc6c5oc5ccccc56)c3-4)n2)cc1. The van der Waals surface area contributed by atoms with E-state index in [1.54, 1.807) is 0 Å². The number of hydrogen-bond acceptors (Lipinski definition) is 5. The average molecular weight is 766 g/mol. The summed E-state index contributed by atoms with van der Waals surface area (Å²) in [5.41, 5.74) is 15.3. The minimum Gasteiger partial charge on any atom is -0.455 e. The second kappa shape index (κ2) is 12.7. The summed E-state index contributed by atoms with van der Waals surface area (Å²) in [4.78, 5) is 15.3. The minimum atomic E-state index is 0.627. The van der Waals surface area contributed by atoms with Gasteiger partial charge in [-0.25, -0.2) is 15.0 Å². The van der Waals surface area contributed by atoms with Gasteiger partial charge in [-0.15, -0.1) is 0 Å². The van der Waals surface area contributed by atoms with Crippen molar-refractivity contribution in [1.82, 2.24) is 15.0 Å². The van der Waals surface area contributed by atoms with Gasteiger partial charge >= 0.3 is 0 Å². The lowest BCUT2D eigenvalue weighted by atomic mass is 9.87. The number of para-hydroxylation sites is 4. The first-order valence-corrected chi connectivity index (χ1v) is 20.2. The molecule has 5 heteroatoms. The number of nitrogens with zero attached hydrogens (tertiary/aromatic N) is 3. The number of aromatic nitrogens is 3. The molecule has 0 atom stereocenters. The first-order valence-electron chi connectivity index (χ1n) is 20.2. The summed E-state index contributed by atoms with van der Waals surface area (Å²) in [6, 6.07) is 65.5. The molecular weight excluding hydrogens is 735 g/mol. The molecule has 1 aliphatic carbocycles. The van der Waals surface area contributed by atoms with Gasteiger partial charge in [0.2, 0.25) is 0 Å². The van der Waals surface area contributed by atoms with Crippen molar-refractivity contribution in [3.8, 4) is 78.7 Å². The van der Waals surface area contributed by atoms with Crippen molar-refractivity contribution in [2.45, 2.75) is 0 Å². The average Bonchev–Trinajstić information content (AvgIpc) is 4.00. The maximum atomic E-state index is 6.69. The van der Waals surface area contributed by atoms with Crippen LogP contribution in [0.15, 0.2) is 197 Å².